The summed E-state index contributed by atoms with van der Waals surface area (Å²) in [5.41, 5.74) is 5.13. The second-order valence-corrected chi connectivity index (χ2v) is 3.42. The van der Waals surface area contributed by atoms with Crippen LogP contribution < -0.4 is 22.2 Å². The Morgan fingerprint density at radius 2 is 1.82 bits per heavy atom. The number of aromatic nitrogens is 2. The molecule has 0 saturated heterocycles. The molecule has 1 amide bonds. The van der Waals surface area contributed by atoms with Crippen molar-refractivity contribution in [1.29, 1.82) is 0 Å². The summed E-state index contributed by atoms with van der Waals surface area (Å²) < 4.78 is 0. The summed E-state index contributed by atoms with van der Waals surface area (Å²) >= 11 is 0. The Hall–Kier alpha value is -2.41. The molecule has 0 aliphatic heterocycles. The number of H-pyrrole nitrogens is 2. The SMILES string of the molecule is NCC(=O)Nc1ccc2[nH]c(=O)c(=O)[nH]c2c1. The molecule has 1 heterocycles. The third-order valence-corrected chi connectivity index (χ3v) is 2.19. The van der Waals surface area contributed by atoms with E-state index in [0.29, 0.717) is 16.7 Å². The summed E-state index contributed by atoms with van der Waals surface area (Å²) in [6, 6.07) is 4.73. The number of fused-ring (bicyclic) bond motifs is 1. The fourth-order valence-corrected chi connectivity index (χ4v) is 1.40. The number of nitrogens with one attached hydrogen (secondary N) is 3. The van der Waals surface area contributed by atoms with Crippen molar-refractivity contribution >= 4 is 22.6 Å². The molecule has 0 unspecified atom stereocenters. The van der Waals surface area contributed by atoms with Crippen molar-refractivity contribution in [3.63, 3.8) is 0 Å². The van der Waals surface area contributed by atoms with Crippen LogP contribution in [0, 0.1) is 0 Å². The number of carbonyl (C=O) groups is 1. The molecule has 7 heteroatoms. The van der Waals surface area contributed by atoms with Gasteiger partial charge in [0, 0.05) is 5.69 Å². The van der Waals surface area contributed by atoms with E-state index >= 15 is 0 Å². The summed E-state index contributed by atoms with van der Waals surface area (Å²) in [5.74, 6) is -0.337. The number of amides is 1. The lowest BCUT2D eigenvalue weighted by molar-refractivity contribution is -0.114. The number of hydrogen-bond acceptors (Lipinski definition) is 4. The van der Waals surface area contributed by atoms with Crippen LogP contribution in [0.1, 0.15) is 0 Å². The molecule has 2 rings (SSSR count). The van der Waals surface area contributed by atoms with Crippen molar-refractivity contribution in [3.8, 4) is 0 Å². The van der Waals surface area contributed by atoms with E-state index in [4.69, 9.17) is 5.73 Å². The zero-order valence-corrected chi connectivity index (χ0v) is 8.74. The second-order valence-electron chi connectivity index (χ2n) is 3.42. The Morgan fingerprint density at radius 1 is 1.18 bits per heavy atom. The molecule has 5 N–H and O–H groups in total. The van der Waals surface area contributed by atoms with Crippen LogP contribution in [-0.2, 0) is 4.79 Å². The Kier molecular flexibility index (Phi) is 2.75. The molecule has 7 nitrogen and oxygen atoms in total. The van der Waals surface area contributed by atoms with Gasteiger partial charge in [-0.3, -0.25) is 14.4 Å². The number of carbonyl (C=O) groups excluding carboxylic acids is 1. The standard InChI is InChI=1S/C10H10N4O3/c11-4-8(15)12-5-1-2-6-7(3-5)14-10(17)9(16)13-6/h1-3H,4,11H2,(H,12,15)(H,13,16)(H,14,17). The second kappa shape index (κ2) is 4.22. The first-order valence-electron chi connectivity index (χ1n) is 4.86. The number of aromatic amines is 2. The van der Waals surface area contributed by atoms with Crippen LogP contribution in [0.5, 0.6) is 0 Å². The first-order valence-corrected chi connectivity index (χ1v) is 4.86. The van der Waals surface area contributed by atoms with Gasteiger partial charge in [0.15, 0.2) is 0 Å². The minimum atomic E-state index is -0.736. The van der Waals surface area contributed by atoms with E-state index in [0.717, 1.165) is 0 Å². The number of anilines is 1. The molecule has 0 fully saturated rings. The number of hydrogen-bond donors (Lipinski definition) is 4. The molecular formula is C10H10N4O3. The van der Waals surface area contributed by atoms with E-state index in [2.05, 4.69) is 15.3 Å². The van der Waals surface area contributed by atoms with E-state index in [1.54, 1.807) is 18.2 Å². The van der Waals surface area contributed by atoms with Gasteiger partial charge in [0.25, 0.3) is 0 Å². The van der Waals surface area contributed by atoms with Gasteiger partial charge >= 0.3 is 11.1 Å². The first-order chi connectivity index (χ1) is 8.10. The van der Waals surface area contributed by atoms with E-state index in [9.17, 15) is 14.4 Å². The average molecular weight is 234 g/mol. The molecule has 17 heavy (non-hydrogen) atoms. The molecule has 0 aliphatic carbocycles. The molecule has 0 bridgehead atoms. The van der Waals surface area contributed by atoms with Gasteiger partial charge in [-0.05, 0) is 18.2 Å². The molecule has 2 aromatic rings. The van der Waals surface area contributed by atoms with Gasteiger partial charge in [-0.2, -0.15) is 0 Å². The predicted molar refractivity (Wildman–Crippen MR) is 62.9 cm³/mol. The highest BCUT2D eigenvalue weighted by Crippen LogP contribution is 2.13. The third-order valence-electron chi connectivity index (χ3n) is 2.19. The van der Waals surface area contributed by atoms with Crippen LogP contribution in [-0.4, -0.2) is 22.4 Å². The fraction of sp³-hybridized carbons (Fsp3) is 0.100. The summed E-state index contributed by atoms with van der Waals surface area (Å²) in [5, 5.41) is 2.54. The summed E-state index contributed by atoms with van der Waals surface area (Å²) in [4.78, 5) is 38.1. The van der Waals surface area contributed by atoms with Gasteiger partial charge in [0.05, 0.1) is 17.6 Å². The van der Waals surface area contributed by atoms with Crippen molar-refractivity contribution in [2.75, 3.05) is 11.9 Å². The first kappa shape index (κ1) is 11.1. The summed E-state index contributed by atoms with van der Waals surface area (Å²) in [6.45, 7) is -0.125. The molecular weight excluding hydrogens is 224 g/mol. The Bertz CT molecular complexity index is 686. The molecule has 0 aliphatic rings. The number of rotatable bonds is 2. The van der Waals surface area contributed by atoms with E-state index in [1.165, 1.54) is 0 Å². The predicted octanol–water partition coefficient (Wildman–Crippen LogP) is -0.886. The number of benzene rings is 1. The minimum Gasteiger partial charge on any atom is -0.325 e. The van der Waals surface area contributed by atoms with Crippen LogP contribution in [0.15, 0.2) is 27.8 Å². The normalized spacial score (nSPS) is 10.4. The van der Waals surface area contributed by atoms with E-state index in [1.807, 2.05) is 0 Å². The van der Waals surface area contributed by atoms with Gasteiger partial charge in [-0.1, -0.05) is 0 Å². The van der Waals surface area contributed by atoms with Gasteiger partial charge in [-0.15, -0.1) is 0 Å². The maximum atomic E-state index is 11.1. The monoisotopic (exact) mass is 234 g/mol. The molecule has 0 radical (unpaired) electrons. The highest BCUT2D eigenvalue weighted by atomic mass is 16.2. The Balaban J connectivity index is 2.50. The van der Waals surface area contributed by atoms with Crippen LogP contribution in [0.2, 0.25) is 0 Å². The average Bonchev–Trinajstić information content (AvgIpc) is 2.31. The quantitative estimate of drug-likeness (QED) is 0.504. The molecule has 88 valence electrons. The van der Waals surface area contributed by atoms with Crippen molar-refractivity contribution in [1.82, 2.24) is 9.97 Å². The zero-order chi connectivity index (χ0) is 12.4. The van der Waals surface area contributed by atoms with Crippen molar-refractivity contribution < 1.29 is 4.79 Å². The van der Waals surface area contributed by atoms with E-state index in [-0.39, 0.29) is 12.5 Å². The highest BCUT2D eigenvalue weighted by Gasteiger charge is 2.02. The van der Waals surface area contributed by atoms with Crippen LogP contribution >= 0.6 is 0 Å². The summed E-state index contributed by atoms with van der Waals surface area (Å²) in [6.07, 6.45) is 0. The number of nitrogens with two attached hydrogens (primary N) is 1. The fourth-order valence-electron chi connectivity index (χ4n) is 1.40. The Morgan fingerprint density at radius 3 is 2.47 bits per heavy atom. The van der Waals surface area contributed by atoms with Crippen molar-refractivity contribution in [2.24, 2.45) is 5.73 Å². The van der Waals surface area contributed by atoms with Crippen molar-refractivity contribution in [2.45, 2.75) is 0 Å². The lowest BCUT2D eigenvalue weighted by Gasteiger charge is -2.04. The molecule has 1 aromatic heterocycles. The maximum Gasteiger partial charge on any atom is 0.314 e. The summed E-state index contributed by atoms with van der Waals surface area (Å²) in [7, 11) is 0. The van der Waals surface area contributed by atoms with Crippen molar-refractivity contribution in [3.05, 3.63) is 38.9 Å². The van der Waals surface area contributed by atoms with Gasteiger partial charge < -0.3 is 21.0 Å². The molecule has 1 aromatic carbocycles. The zero-order valence-electron chi connectivity index (χ0n) is 8.74. The van der Waals surface area contributed by atoms with Crippen LogP contribution in [0.25, 0.3) is 11.0 Å². The molecule has 0 atom stereocenters. The van der Waals surface area contributed by atoms with Gasteiger partial charge in [0.2, 0.25) is 5.91 Å². The molecule has 0 saturated carbocycles. The van der Waals surface area contributed by atoms with Crippen LogP contribution in [0.4, 0.5) is 5.69 Å². The van der Waals surface area contributed by atoms with Gasteiger partial charge in [0.1, 0.15) is 0 Å². The Labute approximate surface area is 94.7 Å². The topological polar surface area (TPSA) is 121 Å². The lowest BCUT2D eigenvalue weighted by Crippen LogP contribution is -2.29. The lowest BCUT2D eigenvalue weighted by atomic mass is 10.2. The van der Waals surface area contributed by atoms with Gasteiger partial charge in [-0.25, -0.2) is 0 Å². The highest BCUT2D eigenvalue weighted by molar-refractivity contribution is 5.93. The molecule has 0 spiro atoms. The van der Waals surface area contributed by atoms with Crippen LogP contribution in [0.3, 0.4) is 0 Å². The largest absolute Gasteiger partial charge is 0.325 e. The maximum absolute atomic E-state index is 11.1. The smallest absolute Gasteiger partial charge is 0.314 e. The third kappa shape index (κ3) is 2.23. The van der Waals surface area contributed by atoms with E-state index < -0.39 is 11.1 Å². The minimum absolute atomic E-state index is 0.125.